The van der Waals surface area contributed by atoms with Crippen LogP contribution in [0.3, 0.4) is 0 Å². The van der Waals surface area contributed by atoms with Crippen LogP contribution in [0, 0.1) is 0 Å². The maximum absolute atomic E-state index is 12.7. The summed E-state index contributed by atoms with van der Waals surface area (Å²) in [6.07, 6.45) is -0.134. The first kappa shape index (κ1) is 11.0. The van der Waals surface area contributed by atoms with E-state index in [1.165, 1.54) is 10.7 Å². The lowest BCUT2D eigenvalue weighted by Gasteiger charge is -2.24. The lowest BCUT2D eigenvalue weighted by molar-refractivity contribution is -0.0460. The fourth-order valence-corrected chi connectivity index (χ4v) is 2.09. The van der Waals surface area contributed by atoms with Gasteiger partial charge in [-0.1, -0.05) is 0 Å². The Hall–Kier alpha value is -0.490. The number of hydrogen-bond donors (Lipinski definition) is 0. The van der Waals surface area contributed by atoms with Gasteiger partial charge >= 0.3 is 0 Å². The monoisotopic (exact) mass is 280 g/mol. The van der Waals surface area contributed by atoms with Gasteiger partial charge in [0.1, 0.15) is 10.3 Å². The van der Waals surface area contributed by atoms with Crippen molar-refractivity contribution in [1.82, 2.24) is 9.78 Å². The summed E-state index contributed by atoms with van der Waals surface area (Å²) in [4.78, 5) is 0. The van der Waals surface area contributed by atoms with Gasteiger partial charge in [0.05, 0.1) is 0 Å². The molecule has 15 heavy (non-hydrogen) atoms. The molecule has 1 aliphatic heterocycles. The highest BCUT2D eigenvalue weighted by molar-refractivity contribution is 9.10. The van der Waals surface area contributed by atoms with Crippen molar-refractivity contribution in [1.29, 1.82) is 0 Å². The molecule has 1 saturated heterocycles. The fourth-order valence-electron chi connectivity index (χ4n) is 1.69. The van der Waals surface area contributed by atoms with Crippen molar-refractivity contribution in [2.75, 3.05) is 6.61 Å². The molecule has 0 N–H and O–H groups in total. The predicted molar refractivity (Wildman–Crippen MR) is 53.7 cm³/mol. The molecule has 1 unspecified atom stereocenters. The van der Waals surface area contributed by atoms with E-state index in [0.29, 0.717) is 11.2 Å². The number of halogens is 3. The molecule has 1 aromatic rings. The minimum absolute atomic E-state index is 0.0891. The number of hydrogen-bond acceptors (Lipinski definition) is 2. The van der Waals surface area contributed by atoms with E-state index in [2.05, 4.69) is 21.0 Å². The number of rotatable bonds is 2. The molecule has 2 heterocycles. The SMILES string of the molecule is FC(F)c1cc(Br)nn1C1CCCCO1. The third-order valence-corrected chi connectivity index (χ3v) is 2.77. The van der Waals surface area contributed by atoms with Crippen LogP contribution in [0.4, 0.5) is 8.78 Å². The molecule has 84 valence electrons. The Morgan fingerprint density at radius 1 is 1.53 bits per heavy atom. The van der Waals surface area contributed by atoms with E-state index in [0.717, 1.165) is 19.3 Å². The standard InChI is InChI=1S/C9H11BrF2N2O/c10-7-5-6(9(11)12)14(13-7)8-3-1-2-4-15-8/h5,8-9H,1-4H2. The first-order valence-electron chi connectivity index (χ1n) is 4.83. The largest absolute Gasteiger partial charge is 0.357 e. The van der Waals surface area contributed by atoms with Gasteiger partial charge in [-0.05, 0) is 41.3 Å². The van der Waals surface area contributed by atoms with Gasteiger partial charge in [-0.15, -0.1) is 0 Å². The van der Waals surface area contributed by atoms with Crippen LogP contribution in [0.2, 0.25) is 0 Å². The summed E-state index contributed by atoms with van der Waals surface area (Å²) in [6, 6.07) is 1.34. The van der Waals surface area contributed by atoms with Gasteiger partial charge in [0.25, 0.3) is 6.43 Å². The van der Waals surface area contributed by atoms with Gasteiger partial charge in [0.15, 0.2) is 6.23 Å². The van der Waals surface area contributed by atoms with E-state index < -0.39 is 6.43 Å². The van der Waals surface area contributed by atoms with Crippen molar-refractivity contribution in [2.45, 2.75) is 31.9 Å². The average molecular weight is 281 g/mol. The molecule has 1 aliphatic rings. The van der Waals surface area contributed by atoms with Crippen molar-refractivity contribution in [3.05, 3.63) is 16.4 Å². The number of aromatic nitrogens is 2. The molecule has 0 aromatic carbocycles. The van der Waals surface area contributed by atoms with Crippen LogP contribution in [-0.2, 0) is 4.74 Å². The van der Waals surface area contributed by atoms with Crippen molar-refractivity contribution < 1.29 is 13.5 Å². The Bertz CT molecular complexity index is 337. The van der Waals surface area contributed by atoms with Crippen molar-refractivity contribution >= 4 is 15.9 Å². The van der Waals surface area contributed by atoms with Crippen LogP contribution in [0.5, 0.6) is 0 Å². The Balaban J connectivity index is 2.25. The molecule has 3 nitrogen and oxygen atoms in total. The zero-order valence-corrected chi connectivity index (χ0v) is 9.58. The quantitative estimate of drug-likeness (QED) is 0.831. The normalized spacial score (nSPS) is 22.3. The van der Waals surface area contributed by atoms with E-state index in [9.17, 15) is 8.78 Å². The van der Waals surface area contributed by atoms with Gasteiger partial charge in [-0.3, -0.25) is 0 Å². The average Bonchev–Trinajstić information content (AvgIpc) is 2.62. The molecular weight excluding hydrogens is 270 g/mol. The second kappa shape index (κ2) is 4.57. The highest BCUT2D eigenvalue weighted by Gasteiger charge is 2.24. The van der Waals surface area contributed by atoms with Gasteiger partial charge < -0.3 is 4.74 Å². The van der Waals surface area contributed by atoms with Gasteiger partial charge in [0.2, 0.25) is 0 Å². The van der Waals surface area contributed by atoms with E-state index in [1.54, 1.807) is 0 Å². The van der Waals surface area contributed by atoms with Crippen molar-refractivity contribution in [3.63, 3.8) is 0 Å². The van der Waals surface area contributed by atoms with Crippen LogP contribution >= 0.6 is 15.9 Å². The number of ether oxygens (including phenoxy) is 1. The van der Waals surface area contributed by atoms with Crippen molar-refractivity contribution in [2.24, 2.45) is 0 Å². The lowest BCUT2D eigenvalue weighted by atomic mass is 10.2. The number of nitrogens with zero attached hydrogens (tertiary/aromatic N) is 2. The zero-order chi connectivity index (χ0) is 10.8. The van der Waals surface area contributed by atoms with E-state index in [1.807, 2.05) is 0 Å². The third-order valence-electron chi connectivity index (χ3n) is 2.39. The first-order chi connectivity index (χ1) is 7.18. The second-order valence-electron chi connectivity index (χ2n) is 3.46. The zero-order valence-electron chi connectivity index (χ0n) is 8.00. The molecule has 0 radical (unpaired) electrons. The predicted octanol–water partition coefficient (Wildman–Crippen LogP) is 3.28. The molecule has 0 spiro atoms. The maximum Gasteiger partial charge on any atom is 0.280 e. The van der Waals surface area contributed by atoms with Crippen LogP contribution in [0.25, 0.3) is 0 Å². The van der Waals surface area contributed by atoms with Gasteiger partial charge in [-0.2, -0.15) is 5.10 Å². The summed E-state index contributed by atoms with van der Waals surface area (Å²) in [7, 11) is 0. The fraction of sp³-hybridized carbons (Fsp3) is 0.667. The Morgan fingerprint density at radius 3 is 2.93 bits per heavy atom. The minimum Gasteiger partial charge on any atom is -0.357 e. The molecule has 1 atom stereocenters. The molecule has 0 amide bonds. The molecule has 2 rings (SSSR count). The van der Waals surface area contributed by atoms with Crippen LogP contribution < -0.4 is 0 Å². The Morgan fingerprint density at radius 2 is 2.33 bits per heavy atom. The summed E-state index contributed by atoms with van der Waals surface area (Å²) in [6.45, 7) is 0.616. The molecular formula is C9H11BrF2N2O. The van der Waals surface area contributed by atoms with E-state index in [4.69, 9.17) is 4.74 Å². The summed E-state index contributed by atoms with van der Waals surface area (Å²) in [5.41, 5.74) is -0.0891. The maximum atomic E-state index is 12.7. The second-order valence-corrected chi connectivity index (χ2v) is 4.27. The minimum atomic E-state index is -2.52. The topological polar surface area (TPSA) is 27.1 Å². The van der Waals surface area contributed by atoms with E-state index in [-0.39, 0.29) is 11.9 Å². The lowest BCUT2D eigenvalue weighted by Crippen LogP contribution is -2.21. The highest BCUT2D eigenvalue weighted by Crippen LogP contribution is 2.29. The first-order valence-corrected chi connectivity index (χ1v) is 5.62. The Kier molecular flexibility index (Phi) is 3.35. The van der Waals surface area contributed by atoms with Crippen LogP contribution in [-0.4, -0.2) is 16.4 Å². The van der Waals surface area contributed by atoms with Crippen molar-refractivity contribution in [3.8, 4) is 0 Å². The Labute approximate surface area is 94.5 Å². The summed E-state index contributed by atoms with van der Waals surface area (Å²) in [5, 5.41) is 3.98. The third kappa shape index (κ3) is 2.36. The van der Waals surface area contributed by atoms with Crippen LogP contribution in [0.1, 0.15) is 37.6 Å². The highest BCUT2D eigenvalue weighted by atomic mass is 79.9. The molecule has 0 aliphatic carbocycles. The summed E-state index contributed by atoms with van der Waals surface area (Å²) >= 11 is 3.10. The summed E-state index contributed by atoms with van der Waals surface area (Å²) in [5.74, 6) is 0. The number of alkyl halides is 2. The molecule has 6 heteroatoms. The van der Waals surface area contributed by atoms with Gasteiger partial charge in [0, 0.05) is 6.61 Å². The molecule has 1 fully saturated rings. The molecule has 0 bridgehead atoms. The molecule has 0 saturated carbocycles. The smallest absolute Gasteiger partial charge is 0.280 e. The van der Waals surface area contributed by atoms with Gasteiger partial charge in [-0.25, -0.2) is 13.5 Å². The van der Waals surface area contributed by atoms with Crippen LogP contribution in [0.15, 0.2) is 10.7 Å². The van der Waals surface area contributed by atoms with E-state index >= 15 is 0 Å². The molecule has 1 aromatic heterocycles. The summed E-state index contributed by atoms with van der Waals surface area (Å²) < 4.78 is 32.4.